The van der Waals surface area contributed by atoms with Gasteiger partial charge in [0.2, 0.25) is 5.91 Å². The number of primary amides is 1. The summed E-state index contributed by atoms with van der Waals surface area (Å²) in [5.74, 6) is -2.21. The Bertz CT molecular complexity index is 1030. The number of carboxylic acid groups (broad SMARTS) is 1. The zero-order chi connectivity index (χ0) is 26.8. The summed E-state index contributed by atoms with van der Waals surface area (Å²) in [7, 11) is 0. The molecule has 1 aromatic rings. The number of nitrogens with zero attached hydrogens (tertiary/aromatic N) is 1. The summed E-state index contributed by atoms with van der Waals surface area (Å²) in [5.41, 5.74) is 6.14. The van der Waals surface area contributed by atoms with E-state index in [1.807, 2.05) is 12.1 Å². The van der Waals surface area contributed by atoms with E-state index in [0.29, 0.717) is 31.2 Å². The van der Waals surface area contributed by atoms with Crippen LogP contribution in [0, 0.1) is 5.92 Å². The van der Waals surface area contributed by atoms with E-state index in [-0.39, 0.29) is 37.3 Å². The third kappa shape index (κ3) is 6.96. The van der Waals surface area contributed by atoms with Gasteiger partial charge < -0.3 is 30.9 Å². The molecule has 0 spiro atoms. The Hall–Kier alpha value is -3.14. The molecule has 1 aliphatic heterocycles. The lowest BCUT2D eigenvalue weighted by molar-refractivity contribution is -0.137. The molecule has 3 amide bonds. The molecule has 0 radical (unpaired) electrons. The standard InChI is InChI=1S/C26H37N3O7/c1-25(2,3)36-24(34)28-19-9-10-26(4,35)13-16(19)11-15-5-6-18-17(12-15)14-29(23(18)33)20(22(27)32)7-8-21(30)31/h5-6,12,16,19-20,35H,7-11,13-14H2,1-4H3,(H2,27,32)(H,28,34)(H,30,31)/t16-,19-,20?,26+/m0/s1. The lowest BCUT2D eigenvalue weighted by atomic mass is 9.73. The van der Waals surface area contributed by atoms with Gasteiger partial charge in [0.25, 0.3) is 5.91 Å². The van der Waals surface area contributed by atoms with Gasteiger partial charge in [0.1, 0.15) is 11.6 Å². The molecule has 1 fully saturated rings. The number of hydrogen-bond acceptors (Lipinski definition) is 6. The van der Waals surface area contributed by atoms with Crippen LogP contribution in [0.15, 0.2) is 18.2 Å². The second kappa shape index (κ2) is 10.5. The van der Waals surface area contributed by atoms with Gasteiger partial charge in [-0.1, -0.05) is 12.1 Å². The fourth-order valence-corrected chi connectivity index (χ4v) is 5.16. The van der Waals surface area contributed by atoms with Gasteiger partial charge in [-0.05, 0) is 82.9 Å². The number of carboxylic acids is 1. The van der Waals surface area contributed by atoms with Crippen LogP contribution in [0.2, 0.25) is 0 Å². The van der Waals surface area contributed by atoms with Crippen LogP contribution in [0.5, 0.6) is 0 Å². The van der Waals surface area contributed by atoms with E-state index in [1.54, 1.807) is 33.8 Å². The Morgan fingerprint density at radius 3 is 2.61 bits per heavy atom. The molecule has 10 nitrogen and oxygen atoms in total. The third-order valence-corrected chi connectivity index (χ3v) is 6.80. The lowest BCUT2D eigenvalue weighted by Crippen LogP contribution is -2.49. The van der Waals surface area contributed by atoms with Crippen molar-refractivity contribution in [3.63, 3.8) is 0 Å². The molecule has 3 rings (SSSR count). The van der Waals surface area contributed by atoms with Gasteiger partial charge >= 0.3 is 12.1 Å². The third-order valence-electron chi connectivity index (χ3n) is 6.80. The highest BCUT2D eigenvalue weighted by Gasteiger charge is 2.39. The first-order valence-corrected chi connectivity index (χ1v) is 12.3. The number of hydrogen-bond donors (Lipinski definition) is 4. The van der Waals surface area contributed by atoms with Crippen molar-refractivity contribution in [2.75, 3.05) is 0 Å². The van der Waals surface area contributed by atoms with Gasteiger partial charge in [-0.3, -0.25) is 14.4 Å². The van der Waals surface area contributed by atoms with E-state index in [2.05, 4.69) is 5.32 Å². The number of nitrogens with one attached hydrogen (secondary N) is 1. The first kappa shape index (κ1) is 27.4. The second-order valence-corrected chi connectivity index (χ2v) is 11.2. The smallest absolute Gasteiger partial charge is 0.407 e. The van der Waals surface area contributed by atoms with Gasteiger partial charge in [0.05, 0.1) is 5.60 Å². The lowest BCUT2D eigenvalue weighted by Gasteiger charge is -2.40. The largest absolute Gasteiger partial charge is 0.481 e. The summed E-state index contributed by atoms with van der Waals surface area (Å²) in [5, 5.41) is 22.7. The number of aliphatic hydroxyl groups is 1. The SMILES string of the molecule is CC(C)(C)OC(=O)N[C@H]1CC[C@@](C)(O)C[C@@H]1Cc1ccc2c(c1)CN(C(CCC(=O)O)C(N)=O)C2=O. The second-order valence-electron chi connectivity index (χ2n) is 11.2. The zero-order valence-electron chi connectivity index (χ0n) is 21.4. The van der Waals surface area contributed by atoms with Crippen molar-refractivity contribution in [2.24, 2.45) is 11.7 Å². The highest BCUT2D eigenvalue weighted by atomic mass is 16.6. The minimum atomic E-state index is -1.06. The fraction of sp³-hybridized carbons (Fsp3) is 0.615. The van der Waals surface area contributed by atoms with Crippen LogP contribution in [0.1, 0.15) is 81.3 Å². The number of ether oxygens (including phenoxy) is 1. The van der Waals surface area contributed by atoms with Crippen molar-refractivity contribution in [3.05, 3.63) is 34.9 Å². The predicted molar refractivity (Wildman–Crippen MR) is 131 cm³/mol. The molecule has 0 bridgehead atoms. The molecule has 10 heteroatoms. The summed E-state index contributed by atoms with van der Waals surface area (Å²) in [6.07, 6.45) is 1.41. The molecule has 36 heavy (non-hydrogen) atoms. The summed E-state index contributed by atoms with van der Waals surface area (Å²) >= 11 is 0. The summed E-state index contributed by atoms with van der Waals surface area (Å²) in [4.78, 5) is 49.6. The van der Waals surface area contributed by atoms with Gasteiger partial charge in [-0.2, -0.15) is 0 Å². The predicted octanol–water partition coefficient (Wildman–Crippen LogP) is 2.35. The minimum absolute atomic E-state index is 0.0492. The molecule has 198 valence electrons. The number of carbonyl (C=O) groups excluding carboxylic acids is 3. The van der Waals surface area contributed by atoms with E-state index in [4.69, 9.17) is 15.6 Å². The molecule has 1 unspecified atom stereocenters. The average Bonchev–Trinajstić information content (AvgIpc) is 3.04. The number of benzene rings is 1. The monoisotopic (exact) mass is 503 g/mol. The number of nitrogens with two attached hydrogens (primary N) is 1. The Labute approximate surface area is 211 Å². The maximum absolute atomic E-state index is 12.9. The van der Waals surface area contributed by atoms with Gasteiger partial charge in [-0.15, -0.1) is 0 Å². The maximum atomic E-state index is 12.9. The molecule has 1 heterocycles. The Kier molecular flexibility index (Phi) is 7.97. The summed E-state index contributed by atoms with van der Waals surface area (Å²) < 4.78 is 5.42. The van der Waals surface area contributed by atoms with Crippen LogP contribution in [-0.2, 0) is 27.3 Å². The molecule has 1 aliphatic carbocycles. The highest BCUT2D eigenvalue weighted by Crippen LogP contribution is 2.36. The maximum Gasteiger partial charge on any atom is 0.407 e. The topological polar surface area (TPSA) is 159 Å². The Balaban J connectivity index is 1.76. The normalized spacial score (nSPS) is 24.7. The van der Waals surface area contributed by atoms with Crippen LogP contribution in [-0.4, -0.2) is 62.3 Å². The first-order valence-electron chi connectivity index (χ1n) is 12.3. The van der Waals surface area contributed by atoms with Crippen molar-refractivity contribution in [1.29, 1.82) is 0 Å². The number of aliphatic carboxylic acids is 1. The molecule has 1 saturated carbocycles. The number of rotatable bonds is 8. The Morgan fingerprint density at radius 2 is 2.00 bits per heavy atom. The molecule has 1 aromatic carbocycles. The van der Waals surface area contributed by atoms with Gasteiger partial charge in [0, 0.05) is 24.6 Å². The molecule has 5 N–H and O–H groups in total. The van der Waals surface area contributed by atoms with Gasteiger partial charge in [0.15, 0.2) is 0 Å². The fourth-order valence-electron chi connectivity index (χ4n) is 5.16. The van der Waals surface area contributed by atoms with Crippen LogP contribution in [0.4, 0.5) is 4.79 Å². The minimum Gasteiger partial charge on any atom is -0.481 e. The number of fused-ring (bicyclic) bond motifs is 1. The number of carbonyl (C=O) groups is 4. The first-order chi connectivity index (χ1) is 16.6. The number of alkyl carbamates (subject to hydrolysis) is 1. The van der Waals surface area contributed by atoms with Gasteiger partial charge in [-0.25, -0.2) is 4.79 Å². The molecular weight excluding hydrogens is 466 g/mol. The van der Waals surface area contributed by atoms with Crippen molar-refractivity contribution in [1.82, 2.24) is 10.2 Å². The molecule has 0 aromatic heterocycles. The van der Waals surface area contributed by atoms with Crippen LogP contribution in [0.25, 0.3) is 0 Å². The average molecular weight is 504 g/mol. The zero-order valence-corrected chi connectivity index (χ0v) is 21.4. The molecule has 0 saturated heterocycles. The van der Waals surface area contributed by atoms with Crippen LogP contribution in [0.3, 0.4) is 0 Å². The van der Waals surface area contributed by atoms with Crippen molar-refractivity contribution < 1.29 is 34.1 Å². The van der Waals surface area contributed by atoms with E-state index in [9.17, 15) is 24.3 Å². The van der Waals surface area contributed by atoms with E-state index >= 15 is 0 Å². The molecule has 4 atom stereocenters. The van der Waals surface area contributed by atoms with Crippen molar-refractivity contribution in [2.45, 2.75) is 96.1 Å². The van der Waals surface area contributed by atoms with E-state index < -0.39 is 35.2 Å². The summed E-state index contributed by atoms with van der Waals surface area (Å²) in [6, 6.07) is 4.27. The summed E-state index contributed by atoms with van der Waals surface area (Å²) in [6.45, 7) is 7.36. The van der Waals surface area contributed by atoms with Crippen molar-refractivity contribution >= 4 is 23.9 Å². The Morgan fingerprint density at radius 1 is 1.31 bits per heavy atom. The van der Waals surface area contributed by atoms with Crippen molar-refractivity contribution in [3.8, 4) is 0 Å². The number of amides is 3. The molecular formula is C26H37N3O7. The molecule has 2 aliphatic rings. The van der Waals surface area contributed by atoms with Crippen LogP contribution < -0.4 is 11.1 Å². The highest BCUT2D eigenvalue weighted by molar-refractivity contribution is 6.01. The van der Waals surface area contributed by atoms with E-state index in [1.165, 1.54) is 4.90 Å². The quantitative estimate of drug-likeness (QED) is 0.424. The van der Waals surface area contributed by atoms with Crippen LogP contribution >= 0.6 is 0 Å². The van der Waals surface area contributed by atoms with E-state index in [0.717, 1.165) is 11.1 Å².